The first-order chi connectivity index (χ1) is 27.4. The van der Waals surface area contributed by atoms with Crippen molar-refractivity contribution in [3.05, 3.63) is 71.3 Å². The van der Waals surface area contributed by atoms with Gasteiger partial charge in [-0.2, -0.15) is 0 Å². The highest BCUT2D eigenvalue weighted by Crippen LogP contribution is 2.36. The van der Waals surface area contributed by atoms with Gasteiger partial charge in [0.2, 0.25) is 4.80 Å². The van der Waals surface area contributed by atoms with Crippen LogP contribution < -0.4 is 15.4 Å². The third kappa shape index (κ3) is 14.1. The quantitative estimate of drug-likeness (QED) is 0.0445. The number of ether oxygens (including phenoxy) is 1. The van der Waals surface area contributed by atoms with Crippen LogP contribution in [0.2, 0.25) is 5.02 Å². The molecule has 1 aromatic heterocycles. The lowest BCUT2D eigenvalue weighted by Gasteiger charge is -2.18. The number of hydrogen-bond donors (Lipinski definition) is 3. The third-order valence-electron chi connectivity index (χ3n) is 8.47. The van der Waals surface area contributed by atoms with E-state index in [-0.39, 0.29) is 51.7 Å². The number of fused-ring (bicyclic) bond motifs is 1. The van der Waals surface area contributed by atoms with E-state index < -0.39 is 80.4 Å². The van der Waals surface area contributed by atoms with Crippen molar-refractivity contribution in [1.29, 1.82) is 0 Å². The summed E-state index contributed by atoms with van der Waals surface area (Å²) in [5.41, 5.74) is 4.01. The second kappa shape index (κ2) is 21.2. The van der Waals surface area contributed by atoms with Crippen molar-refractivity contribution in [2.24, 2.45) is 16.6 Å². The molecule has 0 bridgehead atoms. The Balaban J connectivity index is 0.000000255. The number of hydrogen-bond acceptors (Lipinski definition) is 16. The number of sulfone groups is 1. The number of ketones is 3. The largest absolute Gasteiger partial charge is 0.480 e. The van der Waals surface area contributed by atoms with Crippen LogP contribution in [-0.2, 0) is 51.4 Å². The van der Waals surface area contributed by atoms with Crippen molar-refractivity contribution < 1.29 is 61.0 Å². The van der Waals surface area contributed by atoms with E-state index in [9.17, 15) is 56.3 Å². The Morgan fingerprint density at radius 1 is 1.14 bits per heavy atom. The molecule has 1 saturated carbocycles. The molecule has 19 nitrogen and oxygen atoms in total. The maximum absolute atomic E-state index is 14.3. The fourth-order valence-electron chi connectivity index (χ4n) is 5.39. The first-order valence-electron chi connectivity index (χ1n) is 17.3. The van der Waals surface area contributed by atoms with E-state index in [1.165, 1.54) is 19.8 Å². The van der Waals surface area contributed by atoms with E-state index in [1.54, 1.807) is 9.36 Å². The first kappa shape index (κ1) is 49.0. The predicted octanol–water partition coefficient (Wildman–Crippen LogP) is 3.60. The molecule has 2 heterocycles. The van der Waals surface area contributed by atoms with Gasteiger partial charge in [0.25, 0.3) is 5.69 Å². The van der Waals surface area contributed by atoms with Crippen molar-refractivity contribution in [3.63, 3.8) is 0 Å². The van der Waals surface area contributed by atoms with Gasteiger partial charge in [-0.25, -0.2) is 22.5 Å². The van der Waals surface area contributed by atoms with Crippen LogP contribution in [0.15, 0.2) is 49.9 Å². The Labute approximate surface area is 348 Å². The van der Waals surface area contributed by atoms with Gasteiger partial charge in [0, 0.05) is 56.0 Å². The van der Waals surface area contributed by atoms with E-state index in [4.69, 9.17) is 27.3 Å². The van der Waals surface area contributed by atoms with E-state index in [0.29, 0.717) is 29.2 Å². The number of thioether (sulfide) groups is 1. The van der Waals surface area contributed by atoms with Crippen LogP contribution >= 0.6 is 42.1 Å². The Bertz CT molecular complexity index is 2410. The molecule has 25 heteroatoms. The summed E-state index contributed by atoms with van der Waals surface area (Å²) in [6.45, 7) is 2.51. The van der Waals surface area contributed by atoms with Crippen LogP contribution in [0.25, 0.3) is 0 Å². The summed E-state index contributed by atoms with van der Waals surface area (Å²) in [5, 5.41) is 19.6. The molecule has 59 heavy (non-hydrogen) atoms. The van der Waals surface area contributed by atoms with E-state index >= 15 is 0 Å². The zero-order valence-electron chi connectivity index (χ0n) is 31.7. The van der Waals surface area contributed by atoms with Gasteiger partial charge < -0.3 is 20.5 Å². The molecule has 4 N–H and O–H groups in total. The molecule has 0 saturated heterocycles. The number of carbonyl (C=O) groups excluding carboxylic acids is 4. The monoisotopic (exact) mass is 923 g/mol. The summed E-state index contributed by atoms with van der Waals surface area (Å²) in [5.74, 6) is -5.68. The molecule has 2 aliphatic rings. The Morgan fingerprint density at radius 2 is 1.75 bits per heavy atom. The molecular weight excluding hydrogens is 884 g/mol. The number of halogens is 2. The number of carboxylic acids is 1. The molecule has 1 aliphatic heterocycles. The van der Waals surface area contributed by atoms with E-state index in [0.717, 1.165) is 66.5 Å². The molecule has 3 aromatic rings. The number of nitrogens with two attached hydrogens (primary N) is 1. The van der Waals surface area contributed by atoms with Crippen molar-refractivity contribution in [3.8, 4) is 0 Å². The molecule has 0 spiro atoms. The van der Waals surface area contributed by atoms with E-state index in [2.05, 4.69) is 9.73 Å². The Hall–Kier alpha value is -4.38. The molecule has 1 aliphatic carbocycles. The first-order valence-corrected chi connectivity index (χ1v) is 23.7. The van der Waals surface area contributed by atoms with Crippen molar-refractivity contribution >= 4 is 92.6 Å². The number of esters is 1. The second-order valence-corrected chi connectivity index (χ2v) is 20.0. The smallest absolute Gasteiger partial charge is 0.325 e. The zero-order valence-corrected chi connectivity index (χ0v) is 35.8. The maximum Gasteiger partial charge on any atom is 0.325 e. The number of nitro benzene ring substituents is 1. The SMILES string of the molecule is COC(=O)CSc1cc(N=c2sc(=O)n3n2CCCC3)c(F)cc1Cl.CP(=O)(O)CCC(N)C(=O)O.CS(=O)(=O)c1ccc(C(=O)C2C(=O)CCCC2=O)c([N+](=O)[O-])c1. The number of nitro groups is 1. The maximum atomic E-state index is 14.3. The molecule has 5 rings (SSSR count). The van der Waals surface area contributed by atoms with Gasteiger partial charge in [-0.1, -0.05) is 11.6 Å². The van der Waals surface area contributed by atoms with Gasteiger partial charge in [-0.05, 0) is 61.3 Å². The molecular formula is C34H40ClFN5O14PS3. The minimum Gasteiger partial charge on any atom is -0.480 e. The predicted molar refractivity (Wildman–Crippen MR) is 214 cm³/mol. The van der Waals surface area contributed by atoms with Gasteiger partial charge in [-0.3, -0.25) is 48.1 Å². The minimum absolute atomic E-state index is 0.0412. The fraction of sp³-hybridized carbons (Fsp3) is 0.441. The molecule has 2 unspecified atom stereocenters. The normalized spacial score (nSPS) is 16.0. The van der Waals surface area contributed by atoms with Gasteiger partial charge in [-0.15, -0.1) is 11.8 Å². The zero-order chi connectivity index (χ0) is 44.4. The molecule has 2 atom stereocenters. The van der Waals surface area contributed by atoms with Gasteiger partial charge >= 0.3 is 16.8 Å². The number of nitrogens with zero attached hydrogens (tertiary/aromatic N) is 4. The molecule has 2 aromatic carbocycles. The molecule has 1 fully saturated rings. The number of methoxy groups -OCH3 is 1. The number of carbonyl (C=O) groups is 5. The summed E-state index contributed by atoms with van der Waals surface area (Å²) >= 11 is 8.17. The average Bonchev–Trinajstić information content (AvgIpc) is 3.48. The lowest BCUT2D eigenvalue weighted by molar-refractivity contribution is -0.385. The molecule has 0 amide bonds. The van der Waals surface area contributed by atoms with Crippen LogP contribution in [0.4, 0.5) is 15.8 Å². The Kier molecular flexibility index (Phi) is 17.6. The highest BCUT2D eigenvalue weighted by Gasteiger charge is 2.39. The number of aromatic nitrogens is 2. The van der Waals surface area contributed by atoms with Crippen LogP contribution in [0.1, 0.15) is 48.9 Å². The Morgan fingerprint density at radius 3 is 2.29 bits per heavy atom. The second-order valence-electron chi connectivity index (χ2n) is 13.1. The lowest BCUT2D eigenvalue weighted by Crippen LogP contribution is -2.35. The van der Waals surface area contributed by atoms with Crippen LogP contribution in [0, 0.1) is 21.8 Å². The number of rotatable bonds is 12. The number of carboxylic acid groups (broad SMARTS) is 1. The fourth-order valence-corrected chi connectivity index (χ4v) is 8.77. The van der Waals surface area contributed by atoms with Crippen molar-refractivity contribution in [2.45, 2.75) is 67.4 Å². The summed E-state index contributed by atoms with van der Waals surface area (Å²) < 4.78 is 55.9. The number of aliphatic carboxylic acids is 1. The highest BCUT2D eigenvalue weighted by molar-refractivity contribution is 8.00. The summed E-state index contributed by atoms with van der Waals surface area (Å²) in [4.78, 5) is 93.3. The van der Waals surface area contributed by atoms with Gasteiger partial charge in [0.1, 0.15) is 23.5 Å². The van der Waals surface area contributed by atoms with E-state index in [1.807, 2.05) is 0 Å². The van der Waals surface area contributed by atoms with Crippen LogP contribution in [-0.4, -0.2) is 100.0 Å². The highest BCUT2D eigenvalue weighted by atomic mass is 35.5. The van der Waals surface area contributed by atoms with Crippen molar-refractivity contribution in [2.75, 3.05) is 31.9 Å². The summed E-state index contributed by atoms with van der Waals surface area (Å²) in [7, 11) is -5.50. The number of Topliss-reactive ketones (excluding diaryl/α,β-unsaturated/α-hetero) is 3. The molecule has 322 valence electrons. The van der Waals surface area contributed by atoms with Gasteiger partial charge in [0.15, 0.2) is 34.6 Å². The standard InChI is InChI=1S/C15H15ClFN3O3S2.C14H13NO7S.C5H12NO4P/c1-23-13(21)8-24-12-7-11(10(17)6-9(12)16)18-14-19-4-2-3-5-20(19)15(22)25-14;1-23(21,22)8-5-6-9(10(7-8)15(19)20)14(18)13-11(16)3-2-4-12(13)17;1-11(9,10)3-2-4(6)5(7)8/h6-7H,2-5,8H2,1H3;5-7,13H,2-4H2,1H3;4H,2-3,6H2,1H3,(H,7,8)(H,9,10). The van der Waals surface area contributed by atoms with Crippen LogP contribution in [0.3, 0.4) is 0 Å². The number of benzene rings is 2. The topological polar surface area (TPSA) is 295 Å². The molecule has 0 radical (unpaired) electrons. The summed E-state index contributed by atoms with van der Waals surface area (Å²) in [6, 6.07) is 4.40. The summed E-state index contributed by atoms with van der Waals surface area (Å²) in [6.07, 6.45) is 3.26. The lowest BCUT2D eigenvalue weighted by atomic mass is 9.81. The van der Waals surface area contributed by atoms with Crippen LogP contribution in [0.5, 0.6) is 0 Å². The average molecular weight is 924 g/mol. The minimum atomic E-state index is -3.70. The van der Waals surface area contributed by atoms with Crippen molar-refractivity contribution in [1.82, 2.24) is 9.36 Å². The third-order valence-corrected chi connectivity index (χ3v) is 13.0. The van der Waals surface area contributed by atoms with Gasteiger partial charge in [0.05, 0.1) is 33.3 Å².